The van der Waals surface area contributed by atoms with Crippen molar-refractivity contribution >= 4 is 40.1 Å². The molecule has 0 saturated heterocycles. The highest BCUT2D eigenvalue weighted by molar-refractivity contribution is 6.35. The molecule has 4 nitrogen and oxygen atoms in total. The van der Waals surface area contributed by atoms with Crippen LogP contribution in [-0.4, -0.2) is 22.0 Å². The molecule has 0 bridgehead atoms. The standard InChI is InChI=1S/C17H15Cl2N3O/c18-13-6-5-12(14(19)9-13)7-8-20-17(23)10-22-11-21-15-3-1-2-4-16(15)22/h1-6,9,11H,7-8,10H2,(H,20,23). The Hall–Kier alpha value is -2.04. The smallest absolute Gasteiger partial charge is 0.240 e. The SMILES string of the molecule is O=C(Cn1cnc2ccccc21)NCCc1ccc(Cl)cc1Cl. The highest BCUT2D eigenvalue weighted by atomic mass is 35.5. The fraction of sp³-hybridized carbons (Fsp3) is 0.176. The summed E-state index contributed by atoms with van der Waals surface area (Å²) in [7, 11) is 0. The van der Waals surface area contributed by atoms with Crippen LogP contribution in [0.2, 0.25) is 10.0 Å². The highest BCUT2D eigenvalue weighted by Gasteiger charge is 2.07. The molecule has 2 aromatic carbocycles. The van der Waals surface area contributed by atoms with Crippen molar-refractivity contribution in [1.82, 2.24) is 14.9 Å². The zero-order valence-electron chi connectivity index (χ0n) is 12.3. The second-order valence-electron chi connectivity index (χ2n) is 5.20. The molecule has 1 amide bonds. The third kappa shape index (κ3) is 3.84. The topological polar surface area (TPSA) is 46.9 Å². The maximum absolute atomic E-state index is 12.1. The van der Waals surface area contributed by atoms with Gasteiger partial charge in [0.05, 0.1) is 17.4 Å². The number of hydrogen-bond donors (Lipinski definition) is 1. The number of rotatable bonds is 5. The molecule has 0 saturated carbocycles. The number of amides is 1. The lowest BCUT2D eigenvalue weighted by Crippen LogP contribution is -2.29. The average Bonchev–Trinajstić information content (AvgIpc) is 2.93. The average molecular weight is 348 g/mol. The van der Waals surface area contributed by atoms with Crippen LogP contribution in [-0.2, 0) is 17.8 Å². The minimum absolute atomic E-state index is 0.0572. The number of para-hydroxylation sites is 2. The lowest BCUT2D eigenvalue weighted by atomic mass is 10.1. The van der Waals surface area contributed by atoms with Crippen LogP contribution in [0.15, 0.2) is 48.8 Å². The Morgan fingerprint density at radius 3 is 2.83 bits per heavy atom. The van der Waals surface area contributed by atoms with Gasteiger partial charge < -0.3 is 9.88 Å². The van der Waals surface area contributed by atoms with Crippen molar-refractivity contribution in [1.29, 1.82) is 0 Å². The van der Waals surface area contributed by atoms with Crippen LogP contribution >= 0.6 is 23.2 Å². The van der Waals surface area contributed by atoms with Crippen molar-refractivity contribution in [2.75, 3.05) is 6.54 Å². The van der Waals surface area contributed by atoms with Crippen molar-refractivity contribution in [3.63, 3.8) is 0 Å². The van der Waals surface area contributed by atoms with Gasteiger partial charge in [-0.15, -0.1) is 0 Å². The quantitative estimate of drug-likeness (QED) is 0.764. The van der Waals surface area contributed by atoms with Crippen LogP contribution in [0.5, 0.6) is 0 Å². The van der Waals surface area contributed by atoms with Crippen LogP contribution < -0.4 is 5.32 Å². The summed E-state index contributed by atoms with van der Waals surface area (Å²) in [5.74, 6) is -0.0572. The molecule has 6 heteroatoms. The fourth-order valence-electron chi connectivity index (χ4n) is 2.41. The van der Waals surface area contributed by atoms with Gasteiger partial charge >= 0.3 is 0 Å². The first-order valence-electron chi connectivity index (χ1n) is 7.24. The summed E-state index contributed by atoms with van der Waals surface area (Å²) in [6.07, 6.45) is 2.34. The number of benzene rings is 2. The number of fused-ring (bicyclic) bond motifs is 1. The first-order valence-corrected chi connectivity index (χ1v) is 7.99. The maximum Gasteiger partial charge on any atom is 0.240 e. The molecule has 1 aromatic heterocycles. The minimum Gasteiger partial charge on any atom is -0.354 e. The van der Waals surface area contributed by atoms with Crippen molar-refractivity contribution in [2.45, 2.75) is 13.0 Å². The van der Waals surface area contributed by atoms with E-state index in [-0.39, 0.29) is 12.5 Å². The van der Waals surface area contributed by atoms with Gasteiger partial charge in [0, 0.05) is 16.6 Å². The second-order valence-corrected chi connectivity index (χ2v) is 6.04. The summed E-state index contributed by atoms with van der Waals surface area (Å²) < 4.78 is 1.83. The molecule has 1 N–H and O–H groups in total. The molecule has 23 heavy (non-hydrogen) atoms. The van der Waals surface area contributed by atoms with E-state index in [0.717, 1.165) is 16.6 Å². The predicted molar refractivity (Wildman–Crippen MR) is 92.9 cm³/mol. The molecular formula is C17H15Cl2N3O. The molecule has 0 radical (unpaired) electrons. The molecule has 0 aliphatic carbocycles. The number of nitrogens with zero attached hydrogens (tertiary/aromatic N) is 2. The van der Waals surface area contributed by atoms with Crippen LogP contribution in [0.1, 0.15) is 5.56 Å². The van der Waals surface area contributed by atoms with Crippen LogP contribution in [0.4, 0.5) is 0 Å². The maximum atomic E-state index is 12.1. The fourth-order valence-corrected chi connectivity index (χ4v) is 2.91. The van der Waals surface area contributed by atoms with E-state index in [1.54, 1.807) is 18.5 Å². The largest absolute Gasteiger partial charge is 0.354 e. The van der Waals surface area contributed by atoms with Crippen LogP contribution in [0, 0.1) is 0 Å². The first-order chi connectivity index (χ1) is 11.1. The molecule has 3 rings (SSSR count). The Balaban J connectivity index is 1.55. The lowest BCUT2D eigenvalue weighted by Gasteiger charge is -2.08. The van der Waals surface area contributed by atoms with Gasteiger partial charge in [-0.2, -0.15) is 0 Å². The molecule has 0 unspecified atom stereocenters. The summed E-state index contributed by atoms with van der Waals surface area (Å²) in [6.45, 7) is 0.766. The predicted octanol–water partition coefficient (Wildman–Crippen LogP) is 3.70. The lowest BCUT2D eigenvalue weighted by molar-refractivity contribution is -0.121. The molecule has 0 aliphatic heterocycles. The molecular weight excluding hydrogens is 333 g/mol. The van der Waals surface area contributed by atoms with Crippen molar-refractivity contribution in [2.24, 2.45) is 0 Å². The number of imidazole rings is 1. The van der Waals surface area contributed by atoms with Crippen LogP contribution in [0.3, 0.4) is 0 Å². The van der Waals surface area contributed by atoms with Gasteiger partial charge in [-0.1, -0.05) is 41.4 Å². The van der Waals surface area contributed by atoms with Gasteiger partial charge in [-0.3, -0.25) is 4.79 Å². The molecule has 0 atom stereocenters. The molecule has 0 spiro atoms. The van der Waals surface area contributed by atoms with Gasteiger partial charge in [-0.25, -0.2) is 4.98 Å². The number of nitrogens with one attached hydrogen (secondary N) is 1. The van der Waals surface area contributed by atoms with Gasteiger partial charge in [0.25, 0.3) is 0 Å². The first kappa shape index (κ1) is 15.8. The third-order valence-corrected chi connectivity index (χ3v) is 4.16. The molecule has 3 aromatic rings. The summed E-state index contributed by atoms with van der Waals surface area (Å²) in [4.78, 5) is 16.3. The minimum atomic E-state index is -0.0572. The van der Waals surface area contributed by atoms with Gasteiger partial charge in [0.15, 0.2) is 0 Å². The number of aromatic nitrogens is 2. The van der Waals surface area contributed by atoms with Crippen LogP contribution in [0.25, 0.3) is 11.0 Å². The van der Waals surface area contributed by atoms with E-state index in [1.807, 2.05) is 34.9 Å². The van der Waals surface area contributed by atoms with E-state index in [1.165, 1.54) is 0 Å². The number of halogens is 2. The van der Waals surface area contributed by atoms with E-state index in [9.17, 15) is 4.79 Å². The number of hydrogen-bond acceptors (Lipinski definition) is 2. The van der Waals surface area contributed by atoms with Crippen molar-refractivity contribution in [3.8, 4) is 0 Å². The molecule has 0 fully saturated rings. The Bertz CT molecular complexity index is 845. The van der Waals surface area contributed by atoms with E-state index in [2.05, 4.69) is 10.3 Å². The molecule has 1 heterocycles. The Labute approximate surface area is 144 Å². The van der Waals surface area contributed by atoms with E-state index in [4.69, 9.17) is 23.2 Å². The Morgan fingerprint density at radius 1 is 1.17 bits per heavy atom. The Kier molecular flexibility index (Phi) is 4.84. The summed E-state index contributed by atoms with van der Waals surface area (Å²) in [5.41, 5.74) is 2.79. The Morgan fingerprint density at radius 2 is 2.00 bits per heavy atom. The third-order valence-electron chi connectivity index (χ3n) is 3.57. The van der Waals surface area contributed by atoms with Gasteiger partial charge in [0.1, 0.15) is 6.54 Å². The zero-order chi connectivity index (χ0) is 16.2. The van der Waals surface area contributed by atoms with Gasteiger partial charge in [-0.05, 0) is 36.2 Å². The number of carbonyl (C=O) groups excluding carboxylic acids is 1. The van der Waals surface area contributed by atoms with Crippen molar-refractivity contribution in [3.05, 3.63) is 64.4 Å². The summed E-state index contributed by atoms with van der Waals surface area (Å²) in [6, 6.07) is 13.1. The van der Waals surface area contributed by atoms with E-state index < -0.39 is 0 Å². The monoisotopic (exact) mass is 347 g/mol. The molecule has 118 valence electrons. The number of carbonyl (C=O) groups is 1. The van der Waals surface area contributed by atoms with E-state index >= 15 is 0 Å². The zero-order valence-corrected chi connectivity index (χ0v) is 13.8. The second kappa shape index (κ2) is 7.02. The highest BCUT2D eigenvalue weighted by Crippen LogP contribution is 2.21. The summed E-state index contributed by atoms with van der Waals surface area (Å²) >= 11 is 12.0. The van der Waals surface area contributed by atoms with E-state index in [0.29, 0.717) is 23.0 Å². The summed E-state index contributed by atoms with van der Waals surface area (Å²) in [5, 5.41) is 4.12. The van der Waals surface area contributed by atoms with Crippen molar-refractivity contribution < 1.29 is 4.79 Å². The molecule has 0 aliphatic rings. The normalized spacial score (nSPS) is 10.9. The van der Waals surface area contributed by atoms with Gasteiger partial charge in [0.2, 0.25) is 5.91 Å².